The largest absolute Gasteiger partial charge is 0.394 e. The van der Waals surface area contributed by atoms with Gasteiger partial charge in [0.1, 0.15) is 0 Å². The second-order valence-electron chi connectivity index (χ2n) is 5.33. The number of hydrogen-bond donors (Lipinski definition) is 2. The molecule has 102 valence electrons. The Morgan fingerprint density at radius 2 is 2.44 bits per heavy atom. The van der Waals surface area contributed by atoms with Crippen molar-refractivity contribution in [3.05, 3.63) is 18.0 Å². The highest BCUT2D eigenvalue weighted by Crippen LogP contribution is 2.20. The van der Waals surface area contributed by atoms with E-state index in [2.05, 4.69) is 16.9 Å². The number of nitrogens with two attached hydrogens (primary N) is 1. The molecular weight excluding hydrogens is 228 g/mol. The Bertz CT molecular complexity index is 364. The molecule has 0 radical (unpaired) electrons. The van der Waals surface area contributed by atoms with Crippen LogP contribution in [0.1, 0.15) is 25.3 Å². The summed E-state index contributed by atoms with van der Waals surface area (Å²) in [6, 6.07) is 0.282. The monoisotopic (exact) mass is 252 g/mol. The van der Waals surface area contributed by atoms with Crippen LogP contribution >= 0.6 is 0 Å². The standard InChI is InChI=1S/C13H24N4O/c1-11(14)13-3-2-4-16(10-13)8-12-7-15-17(9-12)5-6-18/h7,9,11,13,18H,2-6,8,10,14H2,1H3. The first-order valence-electron chi connectivity index (χ1n) is 6.79. The van der Waals surface area contributed by atoms with E-state index in [1.807, 2.05) is 12.4 Å². The molecule has 0 amide bonds. The smallest absolute Gasteiger partial charge is 0.0640 e. The number of piperidine rings is 1. The van der Waals surface area contributed by atoms with E-state index in [0.29, 0.717) is 12.5 Å². The number of aromatic nitrogens is 2. The second kappa shape index (κ2) is 6.31. The molecule has 3 N–H and O–H groups in total. The van der Waals surface area contributed by atoms with Gasteiger partial charge in [0, 0.05) is 30.9 Å². The van der Waals surface area contributed by atoms with Gasteiger partial charge in [-0.1, -0.05) is 0 Å². The van der Waals surface area contributed by atoms with Crippen LogP contribution < -0.4 is 5.73 Å². The maximum atomic E-state index is 8.86. The lowest BCUT2D eigenvalue weighted by Gasteiger charge is -2.34. The van der Waals surface area contributed by atoms with Crippen molar-refractivity contribution in [2.75, 3.05) is 19.7 Å². The number of hydrogen-bond acceptors (Lipinski definition) is 4. The third-order valence-corrected chi connectivity index (χ3v) is 3.71. The number of aliphatic hydroxyl groups excluding tert-OH is 1. The molecule has 1 saturated heterocycles. The fourth-order valence-corrected chi connectivity index (χ4v) is 2.64. The SMILES string of the molecule is CC(N)C1CCCN(Cc2cnn(CCO)c2)C1. The maximum absolute atomic E-state index is 8.86. The molecule has 18 heavy (non-hydrogen) atoms. The van der Waals surface area contributed by atoms with E-state index in [1.165, 1.54) is 18.4 Å². The molecule has 0 aromatic carbocycles. The summed E-state index contributed by atoms with van der Waals surface area (Å²) in [5.74, 6) is 0.617. The summed E-state index contributed by atoms with van der Waals surface area (Å²) < 4.78 is 1.79. The first-order chi connectivity index (χ1) is 8.69. The molecular formula is C13H24N4O. The Morgan fingerprint density at radius 3 is 3.17 bits per heavy atom. The van der Waals surface area contributed by atoms with Crippen LogP contribution in [0, 0.1) is 5.92 Å². The minimum Gasteiger partial charge on any atom is -0.394 e. The fraction of sp³-hybridized carbons (Fsp3) is 0.769. The van der Waals surface area contributed by atoms with Crippen LogP contribution in [0.4, 0.5) is 0 Å². The lowest BCUT2D eigenvalue weighted by molar-refractivity contribution is 0.154. The number of aliphatic hydroxyl groups is 1. The Labute approximate surface area is 109 Å². The molecule has 0 saturated carbocycles. The lowest BCUT2D eigenvalue weighted by atomic mass is 9.92. The van der Waals surface area contributed by atoms with Gasteiger partial charge in [-0.25, -0.2) is 0 Å². The number of rotatable bonds is 5. The van der Waals surface area contributed by atoms with Crippen LogP contribution in [-0.2, 0) is 13.1 Å². The van der Waals surface area contributed by atoms with Crippen LogP contribution in [0.15, 0.2) is 12.4 Å². The molecule has 0 bridgehead atoms. The van der Waals surface area contributed by atoms with E-state index < -0.39 is 0 Å². The average Bonchev–Trinajstić information content (AvgIpc) is 2.77. The molecule has 2 atom stereocenters. The van der Waals surface area contributed by atoms with Crippen molar-refractivity contribution < 1.29 is 5.11 Å². The Balaban J connectivity index is 1.87. The molecule has 2 unspecified atom stereocenters. The van der Waals surface area contributed by atoms with E-state index in [1.54, 1.807) is 4.68 Å². The Kier molecular flexibility index (Phi) is 4.74. The van der Waals surface area contributed by atoms with Gasteiger partial charge < -0.3 is 10.8 Å². The van der Waals surface area contributed by atoms with Crippen LogP contribution in [0.3, 0.4) is 0 Å². The normalized spacial score (nSPS) is 23.2. The number of likely N-dealkylation sites (tertiary alicyclic amines) is 1. The predicted molar refractivity (Wildman–Crippen MR) is 71.0 cm³/mol. The van der Waals surface area contributed by atoms with Crippen LogP contribution in [-0.4, -0.2) is 45.5 Å². The quantitative estimate of drug-likeness (QED) is 0.798. The van der Waals surface area contributed by atoms with Gasteiger partial charge in [0.05, 0.1) is 19.3 Å². The van der Waals surface area contributed by atoms with E-state index in [0.717, 1.165) is 19.6 Å². The topological polar surface area (TPSA) is 67.3 Å². The third-order valence-electron chi connectivity index (χ3n) is 3.71. The molecule has 1 aliphatic rings. The molecule has 5 heteroatoms. The molecule has 1 aromatic rings. The van der Waals surface area contributed by atoms with Crippen molar-refractivity contribution in [3.8, 4) is 0 Å². The summed E-state index contributed by atoms with van der Waals surface area (Å²) in [4.78, 5) is 2.46. The summed E-state index contributed by atoms with van der Waals surface area (Å²) in [6.07, 6.45) is 6.39. The number of nitrogens with zero attached hydrogens (tertiary/aromatic N) is 3. The molecule has 0 aliphatic carbocycles. The van der Waals surface area contributed by atoms with Crippen LogP contribution in [0.25, 0.3) is 0 Å². The van der Waals surface area contributed by atoms with Crippen molar-refractivity contribution in [3.63, 3.8) is 0 Å². The zero-order valence-corrected chi connectivity index (χ0v) is 11.1. The van der Waals surface area contributed by atoms with Crippen molar-refractivity contribution in [1.82, 2.24) is 14.7 Å². The van der Waals surface area contributed by atoms with Crippen LogP contribution in [0.2, 0.25) is 0 Å². The van der Waals surface area contributed by atoms with E-state index in [4.69, 9.17) is 10.8 Å². The van der Waals surface area contributed by atoms with Gasteiger partial charge in [-0.15, -0.1) is 0 Å². The predicted octanol–water partition coefficient (Wildman–Crippen LogP) is 0.435. The molecule has 1 fully saturated rings. The van der Waals surface area contributed by atoms with Gasteiger partial charge in [0.25, 0.3) is 0 Å². The van der Waals surface area contributed by atoms with Gasteiger partial charge in [-0.3, -0.25) is 9.58 Å². The molecule has 5 nitrogen and oxygen atoms in total. The molecule has 1 aromatic heterocycles. The summed E-state index contributed by atoms with van der Waals surface area (Å²) in [6.45, 7) is 5.99. The Hall–Kier alpha value is -0.910. The zero-order chi connectivity index (χ0) is 13.0. The van der Waals surface area contributed by atoms with Crippen LogP contribution in [0.5, 0.6) is 0 Å². The zero-order valence-electron chi connectivity index (χ0n) is 11.1. The molecule has 0 spiro atoms. The van der Waals surface area contributed by atoms with Crippen molar-refractivity contribution in [2.45, 2.75) is 38.9 Å². The minimum atomic E-state index is 0.137. The van der Waals surface area contributed by atoms with Gasteiger partial charge >= 0.3 is 0 Å². The van der Waals surface area contributed by atoms with Gasteiger partial charge in [0.2, 0.25) is 0 Å². The van der Waals surface area contributed by atoms with Crippen molar-refractivity contribution in [1.29, 1.82) is 0 Å². The third kappa shape index (κ3) is 3.54. The first-order valence-corrected chi connectivity index (χ1v) is 6.79. The highest BCUT2D eigenvalue weighted by molar-refractivity contribution is 5.04. The van der Waals surface area contributed by atoms with E-state index in [-0.39, 0.29) is 12.6 Å². The average molecular weight is 252 g/mol. The van der Waals surface area contributed by atoms with Gasteiger partial charge in [-0.2, -0.15) is 5.10 Å². The fourth-order valence-electron chi connectivity index (χ4n) is 2.64. The summed E-state index contributed by atoms with van der Waals surface area (Å²) in [5.41, 5.74) is 7.21. The highest BCUT2D eigenvalue weighted by Gasteiger charge is 2.22. The van der Waals surface area contributed by atoms with Crippen molar-refractivity contribution in [2.24, 2.45) is 11.7 Å². The Morgan fingerprint density at radius 1 is 1.61 bits per heavy atom. The van der Waals surface area contributed by atoms with Gasteiger partial charge in [-0.05, 0) is 32.2 Å². The van der Waals surface area contributed by atoms with Gasteiger partial charge in [0.15, 0.2) is 0 Å². The lowest BCUT2D eigenvalue weighted by Crippen LogP contribution is -2.41. The first kappa shape index (κ1) is 13.5. The summed E-state index contributed by atoms with van der Waals surface area (Å²) >= 11 is 0. The van der Waals surface area contributed by atoms with E-state index in [9.17, 15) is 0 Å². The molecule has 2 rings (SSSR count). The van der Waals surface area contributed by atoms with E-state index >= 15 is 0 Å². The minimum absolute atomic E-state index is 0.137. The maximum Gasteiger partial charge on any atom is 0.0640 e. The van der Waals surface area contributed by atoms with Crippen molar-refractivity contribution >= 4 is 0 Å². The summed E-state index contributed by atoms with van der Waals surface area (Å²) in [7, 11) is 0. The second-order valence-corrected chi connectivity index (χ2v) is 5.33. The molecule has 1 aliphatic heterocycles. The molecule has 2 heterocycles. The highest BCUT2D eigenvalue weighted by atomic mass is 16.3. The summed E-state index contributed by atoms with van der Waals surface area (Å²) in [5, 5.41) is 13.1.